The summed E-state index contributed by atoms with van der Waals surface area (Å²) in [5.41, 5.74) is 3.83. The lowest BCUT2D eigenvalue weighted by Gasteiger charge is -2.09. The minimum absolute atomic E-state index is 0.959. The Morgan fingerprint density at radius 2 is 1.83 bits per heavy atom. The van der Waals surface area contributed by atoms with Crippen LogP contribution in [-0.4, -0.2) is 6.54 Å². The summed E-state index contributed by atoms with van der Waals surface area (Å²) < 4.78 is 1.15. The average Bonchev–Trinajstić information content (AvgIpc) is 2.01. The molecule has 0 saturated heterocycles. The third kappa shape index (κ3) is 2.01. The monoisotopic (exact) mass is 227 g/mol. The fraction of sp³-hybridized carbons (Fsp3) is 0.400. The maximum atomic E-state index is 3.52. The minimum atomic E-state index is 0.959. The van der Waals surface area contributed by atoms with Crippen LogP contribution in [0, 0.1) is 13.8 Å². The predicted octanol–water partition coefficient (Wildman–Crippen LogP) is 3.50. The fourth-order valence-corrected chi connectivity index (χ4v) is 1.70. The molecule has 0 amide bonds. The highest BCUT2D eigenvalue weighted by molar-refractivity contribution is 9.10. The summed E-state index contributed by atoms with van der Waals surface area (Å²) in [6.07, 6.45) is 0. The van der Waals surface area contributed by atoms with E-state index < -0.39 is 0 Å². The topological polar surface area (TPSA) is 12.0 Å². The van der Waals surface area contributed by atoms with Gasteiger partial charge in [-0.3, -0.25) is 0 Å². The van der Waals surface area contributed by atoms with Gasteiger partial charge in [-0.25, -0.2) is 0 Å². The molecule has 0 fully saturated rings. The molecule has 0 atom stereocenters. The Kier molecular flexibility index (Phi) is 3.15. The molecule has 0 spiro atoms. The van der Waals surface area contributed by atoms with Crippen LogP contribution in [0.25, 0.3) is 0 Å². The number of aryl methyl sites for hydroxylation is 2. The molecule has 1 N–H and O–H groups in total. The van der Waals surface area contributed by atoms with E-state index in [0.717, 1.165) is 11.0 Å². The predicted molar refractivity (Wildman–Crippen MR) is 57.8 cm³/mol. The van der Waals surface area contributed by atoms with Crippen molar-refractivity contribution in [1.82, 2.24) is 0 Å². The lowest BCUT2D eigenvalue weighted by Crippen LogP contribution is -1.98. The van der Waals surface area contributed by atoms with Gasteiger partial charge in [0.05, 0.1) is 0 Å². The van der Waals surface area contributed by atoms with E-state index in [-0.39, 0.29) is 0 Å². The molecule has 0 saturated carbocycles. The number of anilines is 1. The first kappa shape index (κ1) is 9.59. The van der Waals surface area contributed by atoms with E-state index in [1.54, 1.807) is 0 Å². The van der Waals surface area contributed by atoms with Crippen molar-refractivity contribution < 1.29 is 0 Å². The van der Waals surface area contributed by atoms with Gasteiger partial charge in [-0.05, 0) is 60.0 Å². The van der Waals surface area contributed by atoms with Crippen molar-refractivity contribution in [3.8, 4) is 0 Å². The van der Waals surface area contributed by atoms with Crippen molar-refractivity contribution in [1.29, 1.82) is 0 Å². The summed E-state index contributed by atoms with van der Waals surface area (Å²) in [7, 11) is 0. The SMILES string of the molecule is CCNc1cc(C)c(C)cc1Br. The zero-order chi connectivity index (χ0) is 9.14. The smallest absolute Gasteiger partial charge is 0.0487 e. The summed E-state index contributed by atoms with van der Waals surface area (Å²) in [5, 5.41) is 3.30. The van der Waals surface area contributed by atoms with Crippen molar-refractivity contribution in [2.75, 3.05) is 11.9 Å². The van der Waals surface area contributed by atoms with E-state index in [0.29, 0.717) is 0 Å². The van der Waals surface area contributed by atoms with Gasteiger partial charge in [-0.15, -0.1) is 0 Å². The maximum Gasteiger partial charge on any atom is 0.0487 e. The largest absolute Gasteiger partial charge is 0.384 e. The van der Waals surface area contributed by atoms with Crippen molar-refractivity contribution in [2.45, 2.75) is 20.8 Å². The van der Waals surface area contributed by atoms with Crippen LogP contribution in [-0.2, 0) is 0 Å². The number of benzene rings is 1. The van der Waals surface area contributed by atoms with Crippen LogP contribution in [0.1, 0.15) is 18.1 Å². The van der Waals surface area contributed by atoms with Gasteiger partial charge in [-0.1, -0.05) is 0 Å². The first-order valence-electron chi connectivity index (χ1n) is 4.15. The molecule has 1 rings (SSSR count). The van der Waals surface area contributed by atoms with Crippen LogP contribution in [0.3, 0.4) is 0 Å². The van der Waals surface area contributed by atoms with E-state index in [9.17, 15) is 0 Å². The normalized spacial score (nSPS) is 10.0. The Bertz CT molecular complexity index is 281. The quantitative estimate of drug-likeness (QED) is 0.816. The molecular weight excluding hydrogens is 214 g/mol. The Hall–Kier alpha value is -0.500. The molecule has 0 radical (unpaired) electrons. The van der Waals surface area contributed by atoms with Crippen molar-refractivity contribution >= 4 is 21.6 Å². The summed E-state index contributed by atoms with van der Waals surface area (Å²) in [4.78, 5) is 0. The zero-order valence-electron chi connectivity index (χ0n) is 7.74. The molecule has 0 aliphatic rings. The number of hydrogen-bond acceptors (Lipinski definition) is 1. The molecule has 0 aliphatic carbocycles. The number of rotatable bonds is 2. The molecule has 1 nitrogen and oxygen atoms in total. The summed E-state index contributed by atoms with van der Waals surface area (Å²) in [6.45, 7) is 7.31. The van der Waals surface area contributed by atoms with Crippen molar-refractivity contribution in [2.24, 2.45) is 0 Å². The molecule has 0 unspecified atom stereocenters. The fourth-order valence-electron chi connectivity index (χ4n) is 1.11. The lowest BCUT2D eigenvalue weighted by atomic mass is 10.1. The van der Waals surface area contributed by atoms with Crippen LogP contribution in [0.2, 0.25) is 0 Å². The highest BCUT2D eigenvalue weighted by Gasteiger charge is 2.00. The molecule has 66 valence electrons. The minimum Gasteiger partial charge on any atom is -0.384 e. The van der Waals surface area contributed by atoms with Gasteiger partial charge in [0.1, 0.15) is 0 Å². The zero-order valence-corrected chi connectivity index (χ0v) is 9.33. The van der Waals surface area contributed by atoms with E-state index in [1.165, 1.54) is 16.8 Å². The Balaban J connectivity index is 3.05. The highest BCUT2D eigenvalue weighted by Crippen LogP contribution is 2.25. The van der Waals surface area contributed by atoms with Gasteiger partial charge in [0.25, 0.3) is 0 Å². The van der Waals surface area contributed by atoms with Gasteiger partial charge in [0.2, 0.25) is 0 Å². The Morgan fingerprint density at radius 3 is 2.42 bits per heavy atom. The number of hydrogen-bond donors (Lipinski definition) is 1. The Labute approximate surface area is 82.3 Å². The van der Waals surface area contributed by atoms with Crippen LogP contribution in [0.15, 0.2) is 16.6 Å². The van der Waals surface area contributed by atoms with Crippen molar-refractivity contribution in [3.63, 3.8) is 0 Å². The van der Waals surface area contributed by atoms with E-state index in [1.807, 2.05) is 0 Å². The number of halogens is 1. The van der Waals surface area contributed by atoms with Gasteiger partial charge in [-0.2, -0.15) is 0 Å². The van der Waals surface area contributed by atoms with E-state index in [4.69, 9.17) is 0 Å². The average molecular weight is 228 g/mol. The first-order valence-corrected chi connectivity index (χ1v) is 4.95. The lowest BCUT2D eigenvalue weighted by molar-refractivity contribution is 1.20. The third-order valence-corrected chi connectivity index (χ3v) is 2.61. The molecule has 0 bridgehead atoms. The first-order chi connectivity index (χ1) is 5.65. The van der Waals surface area contributed by atoms with E-state index >= 15 is 0 Å². The molecule has 1 aromatic carbocycles. The second-order valence-electron chi connectivity index (χ2n) is 2.95. The summed E-state index contributed by atoms with van der Waals surface area (Å²) in [6, 6.07) is 4.32. The second-order valence-corrected chi connectivity index (χ2v) is 3.80. The standard InChI is InChI=1S/C10H14BrN/c1-4-12-10-6-8(3)7(2)5-9(10)11/h5-6,12H,4H2,1-3H3. The van der Waals surface area contributed by atoms with Crippen molar-refractivity contribution in [3.05, 3.63) is 27.7 Å². The summed E-state index contributed by atoms with van der Waals surface area (Å²) >= 11 is 3.52. The maximum absolute atomic E-state index is 3.52. The molecule has 1 aromatic rings. The van der Waals surface area contributed by atoms with Gasteiger partial charge >= 0.3 is 0 Å². The molecule has 0 aromatic heterocycles. The van der Waals surface area contributed by atoms with Gasteiger partial charge in [0, 0.05) is 16.7 Å². The van der Waals surface area contributed by atoms with Crippen LogP contribution < -0.4 is 5.32 Å². The molecule has 2 heteroatoms. The summed E-state index contributed by atoms with van der Waals surface area (Å²) in [5.74, 6) is 0. The molecule has 12 heavy (non-hydrogen) atoms. The second kappa shape index (κ2) is 3.94. The Morgan fingerprint density at radius 1 is 1.25 bits per heavy atom. The van der Waals surface area contributed by atoms with Crippen LogP contribution in [0.4, 0.5) is 5.69 Å². The third-order valence-electron chi connectivity index (χ3n) is 1.95. The van der Waals surface area contributed by atoms with Gasteiger partial charge in [0.15, 0.2) is 0 Å². The van der Waals surface area contributed by atoms with Crippen LogP contribution in [0.5, 0.6) is 0 Å². The van der Waals surface area contributed by atoms with E-state index in [2.05, 4.69) is 54.2 Å². The molecule has 0 heterocycles. The van der Waals surface area contributed by atoms with Crippen LogP contribution >= 0.6 is 15.9 Å². The molecular formula is C10H14BrN. The molecule has 0 aliphatic heterocycles. The number of nitrogens with one attached hydrogen (secondary N) is 1. The van der Waals surface area contributed by atoms with Gasteiger partial charge < -0.3 is 5.32 Å². The highest BCUT2D eigenvalue weighted by atomic mass is 79.9.